The van der Waals surface area contributed by atoms with Crippen molar-refractivity contribution < 1.29 is 18.7 Å². The summed E-state index contributed by atoms with van der Waals surface area (Å²) in [7, 11) is 3.23. The van der Waals surface area contributed by atoms with Crippen LogP contribution in [0.2, 0.25) is 0 Å². The highest BCUT2D eigenvalue weighted by Gasteiger charge is 2.33. The minimum absolute atomic E-state index is 0.0917. The van der Waals surface area contributed by atoms with Crippen LogP contribution in [0.25, 0.3) is 0 Å². The first-order chi connectivity index (χ1) is 13.4. The maximum absolute atomic E-state index is 14.3. The quantitative estimate of drug-likeness (QED) is 0.826. The summed E-state index contributed by atoms with van der Waals surface area (Å²) in [6.45, 7) is 4.71. The molecule has 2 aromatic rings. The molecule has 2 aromatic carbocycles. The van der Waals surface area contributed by atoms with E-state index >= 15 is 0 Å². The van der Waals surface area contributed by atoms with Gasteiger partial charge in [-0.1, -0.05) is 18.2 Å². The van der Waals surface area contributed by atoms with E-state index in [-0.39, 0.29) is 23.8 Å². The number of nitrogens with one attached hydrogen (secondary N) is 1. The van der Waals surface area contributed by atoms with Gasteiger partial charge in [0.15, 0.2) is 11.5 Å². The van der Waals surface area contributed by atoms with Gasteiger partial charge in [0.25, 0.3) is 0 Å². The van der Waals surface area contributed by atoms with Crippen LogP contribution in [0.15, 0.2) is 36.4 Å². The van der Waals surface area contributed by atoms with E-state index in [1.165, 1.54) is 13.0 Å². The number of fused-ring (bicyclic) bond motifs is 1. The number of carbonyl (C=O) groups is 1. The second-order valence-corrected chi connectivity index (χ2v) is 7.15. The summed E-state index contributed by atoms with van der Waals surface area (Å²) < 4.78 is 25.2. The van der Waals surface area contributed by atoms with Crippen LogP contribution in [0.5, 0.6) is 11.5 Å². The van der Waals surface area contributed by atoms with Gasteiger partial charge in [0.2, 0.25) is 5.91 Å². The molecule has 0 aliphatic carbocycles. The van der Waals surface area contributed by atoms with Crippen LogP contribution < -0.4 is 14.8 Å². The van der Waals surface area contributed by atoms with E-state index < -0.39 is 0 Å². The molecule has 1 heterocycles. The summed E-state index contributed by atoms with van der Waals surface area (Å²) >= 11 is 0. The molecule has 150 valence electrons. The maximum Gasteiger partial charge on any atom is 0.217 e. The Kier molecular flexibility index (Phi) is 6.19. The van der Waals surface area contributed by atoms with Gasteiger partial charge < -0.3 is 14.8 Å². The average molecular weight is 386 g/mol. The van der Waals surface area contributed by atoms with Crippen molar-refractivity contribution in [2.24, 2.45) is 0 Å². The standard InChI is InChI=1S/C22H27FN2O3/c1-14(24-15(2)26)22-18-12-21(28-4)20(27-3)11-16(18)9-10-25(22)13-17-7-5-6-8-19(17)23/h5-8,11-12,14,22H,9-10,13H2,1-4H3,(H,24,26). The lowest BCUT2D eigenvalue weighted by atomic mass is 9.87. The molecule has 2 atom stereocenters. The topological polar surface area (TPSA) is 50.8 Å². The van der Waals surface area contributed by atoms with Crippen molar-refractivity contribution >= 4 is 5.91 Å². The number of carbonyl (C=O) groups excluding carboxylic acids is 1. The molecule has 3 rings (SSSR count). The second-order valence-electron chi connectivity index (χ2n) is 7.15. The van der Waals surface area contributed by atoms with Crippen LogP contribution >= 0.6 is 0 Å². The Morgan fingerprint density at radius 1 is 1.25 bits per heavy atom. The molecule has 0 spiro atoms. The van der Waals surface area contributed by atoms with E-state index in [0.717, 1.165) is 24.1 Å². The first kappa shape index (κ1) is 20.1. The van der Waals surface area contributed by atoms with Gasteiger partial charge in [-0.05, 0) is 42.7 Å². The van der Waals surface area contributed by atoms with Crippen LogP contribution in [0.3, 0.4) is 0 Å². The summed E-state index contributed by atoms with van der Waals surface area (Å²) in [5, 5.41) is 3.00. The van der Waals surface area contributed by atoms with E-state index in [0.29, 0.717) is 23.6 Å². The number of rotatable bonds is 6. The number of nitrogens with zero attached hydrogens (tertiary/aromatic N) is 1. The Balaban J connectivity index is 2.02. The number of halogens is 1. The summed E-state index contributed by atoms with van der Waals surface area (Å²) in [5.41, 5.74) is 2.87. The molecule has 1 amide bonds. The Hall–Kier alpha value is -2.60. The van der Waals surface area contributed by atoms with Gasteiger partial charge in [0.1, 0.15) is 5.82 Å². The van der Waals surface area contributed by atoms with Gasteiger partial charge in [0, 0.05) is 31.6 Å². The molecule has 0 saturated carbocycles. The zero-order valence-electron chi connectivity index (χ0n) is 16.8. The van der Waals surface area contributed by atoms with Gasteiger partial charge in [-0.15, -0.1) is 0 Å². The highest BCUT2D eigenvalue weighted by atomic mass is 19.1. The van der Waals surface area contributed by atoms with Crippen LogP contribution in [0, 0.1) is 5.82 Å². The van der Waals surface area contributed by atoms with Crippen molar-refractivity contribution in [1.82, 2.24) is 10.2 Å². The third-order valence-corrected chi connectivity index (χ3v) is 5.26. The molecule has 5 nitrogen and oxygen atoms in total. The summed E-state index contributed by atoms with van der Waals surface area (Å²) in [5.74, 6) is 1.03. The molecule has 0 fully saturated rings. The molecular formula is C22H27FN2O3. The Labute approximate surface area is 165 Å². The highest BCUT2D eigenvalue weighted by Crippen LogP contribution is 2.40. The van der Waals surface area contributed by atoms with Crippen molar-refractivity contribution in [3.8, 4) is 11.5 Å². The Morgan fingerprint density at radius 2 is 1.93 bits per heavy atom. The fraction of sp³-hybridized carbons (Fsp3) is 0.409. The molecule has 28 heavy (non-hydrogen) atoms. The molecule has 1 aliphatic heterocycles. The number of benzene rings is 2. The predicted octanol–water partition coefficient (Wildman–Crippen LogP) is 3.47. The minimum atomic E-state index is -0.216. The lowest BCUT2D eigenvalue weighted by Gasteiger charge is -2.41. The molecule has 0 bridgehead atoms. The van der Waals surface area contributed by atoms with Gasteiger partial charge in [-0.3, -0.25) is 9.69 Å². The molecule has 2 unspecified atom stereocenters. The minimum Gasteiger partial charge on any atom is -0.493 e. The van der Waals surface area contributed by atoms with Crippen molar-refractivity contribution in [2.75, 3.05) is 20.8 Å². The SMILES string of the molecule is COc1cc2c(cc1OC)C(C(C)NC(C)=O)N(Cc1ccccc1F)CC2. The fourth-order valence-corrected chi connectivity index (χ4v) is 4.04. The first-order valence-electron chi connectivity index (χ1n) is 9.44. The molecular weight excluding hydrogens is 359 g/mol. The van der Waals surface area contributed by atoms with Gasteiger partial charge in [0.05, 0.1) is 20.3 Å². The lowest BCUT2D eigenvalue weighted by Crippen LogP contribution is -2.47. The Bertz CT molecular complexity index is 856. The Morgan fingerprint density at radius 3 is 2.57 bits per heavy atom. The van der Waals surface area contributed by atoms with E-state index in [9.17, 15) is 9.18 Å². The predicted molar refractivity (Wildman–Crippen MR) is 106 cm³/mol. The van der Waals surface area contributed by atoms with Gasteiger partial charge in [-0.2, -0.15) is 0 Å². The normalized spacial score (nSPS) is 17.5. The van der Waals surface area contributed by atoms with Crippen molar-refractivity contribution in [3.05, 3.63) is 58.9 Å². The molecule has 1 N–H and O–H groups in total. The summed E-state index contributed by atoms with van der Waals surface area (Å²) in [4.78, 5) is 13.9. The summed E-state index contributed by atoms with van der Waals surface area (Å²) in [6.07, 6.45) is 0.813. The monoisotopic (exact) mass is 386 g/mol. The largest absolute Gasteiger partial charge is 0.493 e. The van der Waals surface area contributed by atoms with Crippen molar-refractivity contribution in [3.63, 3.8) is 0 Å². The fourth-order valence-electron chi connectivity index (χ4n) is 4.04. The average Bonchev–Trinajstić information content (AvgIpc) is 2.67. The number of ether oxygens (including phenoxy) is 2. The van der Waals surface area contributed by atoms with Crippen LogP contribution in [-0.2, 0) is 17.8 Å². The molecule has 0 saturated heterocycles. The number of methoxy groups -OCH3 is 2. The zero-order chi connectivity index (χ0) is 20.3. The smallest absolute Gasteiger partial charge is 0.217 e. The van der Waals surface area contributed by atoms with E-state index in [4.69, 9.17) is 9.47 Å². The number of hydrogen-bond acceptors (Lipinski definition) is 4. The lowest BCUT2D eigenvalue weighted by molar-refractivity contribution is -0.120. The zero-order valence-corrected chi connectivity index (χ0v) is 16.8. The van der Waals surface area contributed by atoms with E-state index in [2.05, 4.69) is 10.2 Å². The highest BCUT2D eigenvalue weighted by molar-refractivity contribution is 5.73. The third kappa shape index (κ3) is 4.12. The molecule has 1 aliphatic rings. The molecule has 0 aromatic heterocycles. The maximum atomic E-state index is 14.3. The van der Waals surface area contributed by atoms with Crippen LogP contribution in [0.1, 0.15) is 36.6 Å². The van der Waals surface area contributed by atoms with Crippen molar-refractivity contribution in [1.29, 1.82) is 0 Å². The van der Waals surface area contributed by atoms with E-state index in [1.54, 1.807) is 26.4 Å². The van der Waals surface area contributed by atoms with Gasteiger partial charge in [-0.25, -0.2) is 4.39 Å². The third-order valence-electron chi connectivity index (χ3n) is 5.26. The molecule has 0 radical (unpaired) electrons. The van der Waals surface area contributed by atoms with Crippen LogP contribution in [-0.4, -0.2) is 37.6 Å². The van der Waals surface area contributed by atoms with Gasteiger partial charge >= 0.3 is 0 Å². The molecule has 6 heteroatoms. The number of amides is 1. The van der Waals surface area contributed by atoms with Crippen LogP contribution in [0.4, 0.5) is 4.39 Å². The second kappa shape index (κ2) is 8.61. The summed E-state index contributed by atoms with van der Waals surface area (Å²) in [6, 6.07) is 10.5. The first-order valence-corrected chi connectivity index (χ1v) is 9.44. The van der Waals surface area contributed by atoms with Crippen molar-refractivity contribution in [2.45, 2.75) is 38.9 Å². The van der Waals surface area contributed by atoms with E-state index in [1.807, 2.05) is 25.1 Å². The number of hydrogen-bond donors (Lipinski definition) is 1.